The Morgan fingerprint density at radius 2 is 2.00 bits per heavy atom. The van der Waals surface area contributed by atoms with Gasteiger partial charge < -0.3 is 10.1 Å². The average molecular weight is 423 g/mol. The number of nitrogens with one attached hydrogen (secondary N) is 1. The number of anilines is 2. The predicted octanol–water partition coefficient (Wildman–Crippen LogP) is 3.30. The van der Waals surface area contributed by atoms with Crippen molar-refractivity contribution in [1.82, 2.24) is 0 Å². The van der Waals surface area contributed by atoms with Gasteiger partial charge in [-0.25, -0.2) is 12.7 Å². The van der Waals surface area contributed by atoms with Gasteiger partial charge >= 0.3 is 0 Å². The summed E-state index contributed by atoms with van der Waals surface area (Å²) < 4.78 is 30.7. The number of rotatable bonds is 5. The van der Waals surface area contributed by atoms with Gasteiger partial charge in [-0.1, -0.05) is 30.7 Å². The molecule has 0 saturated carbocycles. The first kappa shape index (κ1) is 20.2. The summed E-state index contributed by atoms with van der Waals surface area (Å²) in [5.74, 6) is -1.35. The van der Waals surface area contributed by atoms with E-state index in [0.717, 1.165) is 4.31 Å². The number of benzene rings is 2. The maximum Gasteiger partial charge on any atom is 0.257 e. The maximum atomic E-state index is 12.6. The smallest absolute Gasteiger partial charge is 0.257 e. The summed E-state index contributed by atoms with van der Waals surface area (Å²) in [6.45, 7) is 3.83. The van der Waals surface area contributed by atoms with E-state index in [1.807, 2.05) is 6.92 Å². The number of nitrogens with zero attached hydrogens (tertiary/aromatic N) is 1. The van der Waals surface area contributed by atoms with Crippen LogP contribution in [0.5, 0.6) is 5.75 Å². The van der Waals surface area contributed by atoms with Gasteiger partial charge in [0, 0.05) is 0 Å². The minimum absolute atomic E-state index is 0.0337. The first-order chi connectivity index (χ1) is 13.2. The van der Waals surface area contributed by atoms with E-state index >= 15 is 0 Å². The Balaban J connectivity index is 1.87. The molecule has 1 aliphatic heterocycles. The van der Waals surface area contributed by atoms with Gasteiger partial charge in [-0.2, -0.15) is 0 Å². The van der Waals surface area contributed by atoms with Gasteiger partial charge in [-0.05, 0) is 37.3 Å². The largest absolute Gasteiger partial charge is 0.492 e. The SMILES string of the molecule is CCOc1ccccc1NC(=O)c1ccc(N2C(=O)C(C)CS2(=O)=O)cc1Cl. The van der Waals surface area contributed by atoms with Crippen molar-refractivity contribution in [2.24, 2.45) is 5.92 Å². The highest BCUT2D eigenvalue weighted by Gasteiger charge is 2.42. The highest BCUT2D eigenvalue weighted by Crippen LogP contribution is 2.32. The molecule has 2 amide bonds. The van der Waals surface area contributed by atoms with Crippen LogP contribution < -0.4 is 14.4 Å². The molecule has 9 heteroatoms. The second-order valence-corrected chi connectivity index (χ2v) is 8.60. The standard InChI is InChI=1S/C19H19ClN2O5S/c1-3-27-17-7-5-4-6-16(17)21-18(23)14-9-8-13(10-15(14)20)22-19(24)12(2)11-28(22,25)26/h4-10,12H,3,11H2,1-2H3,(H,21,23). The Hall–Kier alpha value is -2.58. The lowest BCUT2D eigenvalue weighted by molar-refractivity contribution is -0.119. The molecule has 0 bridgehead atoms. The first-order valence-corrected chi connectivity index (χ1v) is 10.6. The lowest BCUT2D eigenvalue weighted by Gasteiger charge is -2.17. The molecule has 0 radical (unpaired) electrons. The fourth-order valence-corrected chi connectivity index (χ4v) is 5.02. The van der Waals surface area contributed by atoms with Crippen molar-refractivity contribution in [2.45, 2.75) is 13.8 Å². The lowest BCUT2D eigenvalue weighted by atomic mass is 10.1. The van der Waals surface area contributed by atoms with Crippen molar-refractivity contribution in [2.75, 3.05) is 22.0 Å². The predicted molar refractivity (Wildman–Crippen MR) is 107 cm³/mol. The fraction of sp³-hybridized carbons (Fsp3) is 0.263. The van der Waals surface area contributed by atoms with Crippen LogP contribution in [0.4, 0.5) is 11.4 Å². The van der Waals surface area contributed by atoms with Crippen LogP contribution >= 0.6 is 11.6 Å². The van der Waals surface area contributed by atoms with Gasteiger partial charge in [0.25, 0.3) is 5.91 Å². The fourth-order valence-electron chi connectivity index (χ4n) is 2.94. The summed E-state index contributed by atoms with van der Waals surface area (Å²) in [7, 11) is -3.74. The summed E-state index contributed by atoms with van der Waals surface area (Å²) in [6, 6.07) is 11.1. The molecule has 1 N–H and O–H groups in total. The summed E-state index contributed by atoms with van der Waals surface area (Å²) in [5, 5.41) is 2.76. The molecule has 0 aliphatic carbocycles. The zero-order chi connectivity index (χ0) is 20.5. The number of ether oxygens (including phenoxy) is 1. The van der Waals surface area contributed by atoms with Gasteiger partial charge in [0.05, 0.1) is 40.2 Å². The van der Waals surface area contributed by atoms with E-state index in [-0.39, 0.29) is 22.0 Å². The highest BCUT2D eigenvalue weighted by atomic mass is 35.5. The molecule has 7 nitrogen and oxygen atoms in total. The molecule has 3 rings (SSSR count). The van der Waals surface area contributed by atoms with E-state index in [1.54, 1.807) is 31.2 Å². The Bertz CT molecular complexity index is 1040. The van der Waals surface area contributed by atoms with Crippen LogP contribution in [0.15, 0.2) is 42.5 Å². The highest BCUT2D eigenvalue weighted by molar-refractivity contribution is 7.94. The zero-order valence-electron chi connectivity index (χ0n) is 15.3. The molecule has 1 aliphatic rings. The van der Waals surface area contributed by atoms with Crippen LogP contribution in [-0.4, -0.2) is 32.6 Å². The lowest BCUT2D eigenvalue weighted by Crippen LogP contribution is -2.30. The van der Waals surface area contributed by atoms with E-state index in [0.29, 0.717) is 18.0 Å². The Labute approximate surface area is 168 Å². The summed E-state index contributed by atoms with van der Waals surface area (Å²) in [4.78, 5) is 24.8. The van der Waals surface area contributed by atoms with Crippen molar-refractivity contribution in [1.29, 1.82) is 0 Å². The van der Waals surface area contributed by atoms with Gasteiger partial charge in [0.15, 0.2) is 0 Å². The number of sulfonamides is 1. The molecule has 1 fully saturated rings. The molecule has 148 valence electrons. The van der Waals surface area contributed by atoms with Crippen molar-refractivity contribution >= 4 is 44.8 Å². The average Bonchev–Trinajstić information content (AvgIpc) is 2.83. The van der Waals surface area contributed by atoms with Gasteiger partial charge in [0.1, 0.15) is 5.75 Å². The van der Waals surface area contributed by atoms with Crippen LogP contribution in [0.3, 0.4) is 0 Å². The molecule has 2 aromatic rings. The van der Waals surface area contributed by atoms with Crippen LogP contribution in [0.2, 0.25) is 5.02 Å². The Morgan fingerprint density at radius 3 is 2.61 bits per heavy atom. The Kier molecular flexibility index (Phi) is 5.62. The van der Waals surface area contributed by atoms with E-state index in [2.05, 4.69) is 5.32 Å². The number of amides is 2. The summed E-state index contributed by atoms with van der Waals surface area (Å²) in [5.41, 5.74) is 0.750. The maximum absolute atomic E-state index is 12.6. The minimum atomic E-state index is -3.74. The molecule has 1 saturated heterocycles. The molecule has 28 heavy (non-hydrogen) atoms. The Morgan fingerprint density at radius 1 is 1.29 bits per heavy atom. The van der Waals surface area contributed by atoms with E-state index < -0.39 is 27.8 Å². The van der Waals surface area contributed by atoms with Gasteiger partial charge in [0.2, 0.25) is 15.9 Å². The second kappa shape index (κ2) is 7.81. The van der Waals surface area contributed by atoms with Gasteiger partial charge in [-0.3, -0.25) is 9.59 Å². The number of carbonyl (C=O) groups excluding carboxylic acids is 2. The molecular formula is C19H19ClN2O5S. The third-order valence-corrected chi connectivity index (χ3v) is 6.41. The normalized spacial score (nSPS) is 18.2. The zero-order valence-corrected chi connectivity index (χ0v) is 16.9. The van der Waals surface area contributed by atoms with Crippen LogP contribution in [-0.2, 0) is 14.8 Å². The topological polar surface area (TPSA) is 92.8 Å². The molecule has 0 aromatic heterocycles. The van der Waals surface area contributed by atoms with Crippen LogP contribution in [0, 0.1) is 5.92 Å². The second-order valence-electron chi connectivity index (χ2n) is 6.33. The van der Waals surface area contributed by atoms with E-state index in [9.17, 15) is 18.0 Å². The van der Waals surface area contributed by atoms with Crippen molar-refractivity contribution in [3.63, 3.8) is 0 Å². The molecule has 1 atom stereocenters. The molecule has 1 heterocycles. The molecule has 0 spiro atoms. The number of para-hydroxylation sites is 2. The van der Waals surface area contributed by atoms with E-state index in [1.165, 1.54) is 18.2 Å². The van der Waals surface area contributed by atoms with Crippen molar-refractivity contribution in [3.8, 4) is 5.75 Å². The van der Waals surface area contributed by atoms with E-state index in [4.69, 9.17) is 16.3 Å². The van der Waals surface area contributed by atoms with Crippen molar-refractivity contribution in [3.05, 3.63) is 53.1 Å². The van der Waals surface area contributed by atoms with Crippen LogP contribution in [0.25, 0.3) is 0 Å². The number of carbonyl (C=O) groups is 2. The van der Waals surface area contributed by atoms with Gasteiger partial charge in [-0.15, -0.1) is 0 Å². The molecule has 1 unspecified atom stereocenters. The quantitative estimate of drug-likeness (QED) is 0.797. The number of halogens is 1. The third kappa shape index (κ3) is 3.83. The summed E-state index contributed by atoms with van der Waals surface area (Å²) >= 11 is 6.22. The number of hydrogen-bond acceptors (Lipinski definition) is 5. The summed E-state index contributed by atoms with van der Waals surface area (Å²) in [6.07, 6.45) is 0. The molecular weight excluding hydrogens is 404 g/mol. The minimum Gasteiger partial charge on any atom is -0.492 e. The van der Waals surface area contributed by atoms with Crippen molar-refractivity contribution < 1.29 is 22.7 Å². The number of hydrogen-bond donors (Lipinski definition) is 1. The first-order valence-electron chi connectivity index (χ1n) is 8.64. The van der Waals surface area contributed by atoms with Crippen LogP contribution in [0.1, 0.15) is 24.2 Å². The molecule has 2 aromatic carbocycles. The monoisotopic (exact) mass is 422 g/mol. The third-order valence-electron chi connectivity index (χ3n) is 4.23.